The quantitative estimate of drug-likeness (QED) is 0.565. The molecule has 1 heterocycles. The van der Waals surface area contributed by atoms with Gasteiger partial charge < -0.3 is 24.4 Å². The van der Waals surface area contributed by atoms with Gasteiger partial charge in [-0.25, -0.2) is 0 Å². The van der Waals surface area contributed by atoms with Gasteiger partial charge in [0, 0.05) is 18.5 Å². The summed E-state index contributed by atoms with van der Waals surface area (Å²) >= 11 is 1.30. The third-order valence-electron chi connectivity index (χ3n) is 4.22. The zero-order valence-electron chi connectivity index (χ0n) is 17.5. The molecule has 1 N–H and O–H groups in total. The third kappa shape index (κ3) is 6.73. The Hall–Kier alpha value is -2.10. The second-order valence-electron chi connectivity index (χ2n) is 5.88. The highest BCUT2D eigenvalue weighted by molar-refractivity contribution is 7.18. The maximum absolute atomic E-state index is 12.2. The first kappa shape index (κ1) is 24.9. The fourth-order valence-electron chi connectivity index (χ4n) is 2.66. The molecule has 162 valence electrons. The molecule has 0 saturated heterocycles. The van der Waals surface area contributed by atoms with Crippen LogP contribution in [0.2, 0.25) is 0 Å². The van der Waals surface area contributed by atoms with Crippen LogP contribution in [0.5, 0.6) is 17.2 Å². The Morgan fingerprint density at radius 3 is 2.24 bits per heavy atom. The van der Waals surface area contributed by atoms with Crippen LogP contribution in [0.3, 0.4) is 0 Å². The molecule has 0 spiro atoms. The van der Waals surface area contributed by atoms with Crippen LogP contribution in [0.25, 0.3) is 10.6 Å². The maximum atomic E-state index is 12.2. The van der Waals surface area contributed by atoms with Gasteiger partial charge in [0.2, 0.25) is 16.8 Å². The molecular weight excluding hydrogens is 416 g/mol. The summed E-state index contributed by atoms with van der Waals surface area (Å²) in [6, 6.07) is 3.64. The van der Waals surface area contributed by atoms with Crippen molar-refractivity contribution in [2.24, 2.45) is 0 Å². The molecule has 0 saturated carbocycles. The fraction of sp³-hybridized carbons (Fsp3) is 0.526. The summed E-state index contributed by atoms with van der Waals surface area (Å²) in [4.78, 5) is 14.4. The van der Waals surface area contributed by atoms with Crippen molar-refractivity contribution in [2.75, 3.05) is 45.8 Å². The van der Waals surface area contributed by atoms with E-state index in [-0.39, 0.29) is 18.3 Å². The predicted molar refractivity (Wildman–Crippen MR) is 118 cm³/mol. The number of rotatable bonds is 11. The summed E-state index contributed by atoms with van der Waals surface area (Å²) in [7, 11) is 3.14. The van der Waals surface area contributed by atoms with Gasteiger partial charge in [0.25, 0.3) is 0 Å². The van der Waals surface area contributed by atoms with Gasteiger partial charge in [-0.2, -0.15) is 0 Å². The highest BCUT2D eigenvalue weighted by atomic mass is 35.5. The normalized spacial score (nSPS) is 10.4. The first-order valence-corrected chi connectivity index (χ1v) is 10.1. The van der Waals surface area contributed by atoms with Gasteiger partial charge in [-0.15, -0.1) is 22.6 Å². The number of benzene rings is 1. The lowest BCUT2D eigenvalue weighted by molar-refractivity contribution is -0.116. The van der Waals surface area contributed by atoms with Gasteiger partial charge in [-0.05, 0) is 32.1 Å². The minimum absolute atomic E-state index is 0. The molecule has 1 aromatic carbocycles. The number of aromatic nitrogens is 2. The van der Waals surface area contributed by atoms with Crippen LogP contribution in [-0.4, -0.2) is 61.5 Å². The van der Waals surface area contributed by atoms with E-state index in [2.05, 4.69) is 34.3 Å². The lowest BCUT2D eigenvalue weighted by Gasteiger charge is -2.16. The zero-order valence-corrected chi connectivity index (χ0v) is 19.1. The van der Waals surface area contributed by atoms with Crippen molar-refractivity contribution in [2.45, 2.75) is 27.2 Å². The molecule has 1 amide bonds. The van der Waals surface area contributed by atoms with Gasteiger partial charge in [0.05, 0.1) is 20.8 Å². The molecule has 29 heavy (non-hydrogen) atoms. The van der Waals surface area contributed by atoms with Gasteiger partial charge in [-0.3, -0.25) is 4.79 Å². The predicted octanol–water partition coefficient (Wildman–Crippen LogP) is 3.71. The summed E-state index contributed by atoms with van der Waals surface area (Å²) in [5, 5.41) is 12.2. The van der Waals surface area contributed by atoms with Gasteiger partial charge >= 0.3 is 0 Å². The topological polar surface area (TPSA) is 85.8 Å². The Morgan fingerprint density at radius 2 is 1.72 bits per heavy atom. The van der Waals surface area contributed by atoms with E-state index in [9.17, 15) is 4.79 Å². The average Bonchev–Trinajstić information content (AvgIpc) is 3.17. The molecule has 2 aromatic rings. The molecule has 0 atom stereocenters. The second-order valence-corrected chi connectivity index (χ2v) is 6.86. The van der Waals surface area contributed by atoms with Crippen LogP contribution in [-0.2, 0) is 4.79 Å². The number of hydrogen-bond donors (Lipinski definition) is 1. The Morgan fingerprint density at radius 1 is 1.10 bits per heavy atom. The van der Waals surface area contributed by atoms with Crippen LogP contribution >= 0.6 is 23.7 Å². The molecule has 10 heteroatoms. The van der Waals surface area contributed by atoms with E-state index in [1.807, 2.05) is 19.1 Å². The number of amides is 1. The minimum Gasteiger partial charge on any atom is -0.493 e. The number of carbonyl (C=O) groups is 1. The van der Waals surface area contributed by atoms with Crippen molar-refractivity contribution >= 4 is 34.8 Å². The van der Waals surface area contributed by atoms with Crippen molar-refractivity contribution in [3.8, 4) is 27.8 Å². The molecule has 8 nitrogen and oxygen atoms in total. The van der Waals surface area contributed by atoms with Crippen LogP contribution in [0.15, 0.2) is 12.1 Å². The number of nitrogens with one attached hydrogen (secondary N) is 1. The number of hydrogen-bond acceptors (Lipinski definition) is 8. The van der Waals surface area contributed by atoms with Crippen LogP contribution in [0, 0.1) is 0 Å². The smallest absolute Gasteiger partial charge is 0.227 e. The molecule has 0 fully saturated rings. The average molecular weight is 445 g/mol. The third-order valence-corrected chi connectivity index (χ3v) is 5.10. The van der Waals surface area contributed by atoms with E-state index < -0.39 is 0 Å². The largest absolute Gasteiger partial charge is 0.493 e. The first-order chi connectivity index (χ1) is 13.6. The van der Waals surface area contributed by atoms with Crippen molar-refractivity contribution in [3.05, 3.63) is 12.1 Å². The summed E-state index contributed by atoms with van der Waals surface area (Å²) < 4.78 is 16.5. The summed E-state index contributed by atoms with van der Waals surface area (Å²) in [5.41, 5.74) is 0.776. The highest BCUT2D eigenvalue weighted by Crippen LogP contribution is 2.42. The number of ether oxygens (including phenoxy) is 3. The number of nitrogens with zero attached hydrogens (tertiary/aromatic N) is 3. The van der Waals surface area contributed by atoms with Gasteiger partial charge in [0.15, 0.2) is 11.5 Å². The van der Waals surface area contributed by atoms with Gasteiger partial charge in [0.1, 0.15) is 5.01 Å². The number of carbonyl (C=O) groups excluding carboxylic acids is 1. The molecule has 0 aliphatic rings. The van der Waals surface area contributed by atoms with E-state index in [0.29, 0.717) is 40.4 Å². The minimum atomic E-state index is -0.0727. The molecule has 0 bridgehead atoms. The molecule has 0 unspecified atom stereocenters. The van der Waals surface area contributed by atoms with Crippen molar-refractivity contribution in [1.29, 1.82) is 0 Å². The molecule has 0 aliphatic heterocycles. The Kier molecular flexibility index (Phi) is 10.7. The van der Waals surface area contributed by atoms with E-state index in [0.717, 1.165) is 25.2 Å². The van der Waals surface area contributed by atoms with Crippen LogP contribution < -0.4 is 19.5 Å². The van der Waals surface area contributed by atoms with Crippen molar-refractivity contribution < 1.29 is 19.0 Å². The van der Waals surface area contributed by atoms with E-state index >= 15 is 0 Å². The maximum Gasteiger partial charge on any atom is 0.227 e. The second kappa shape index (κ2) is 12.5. The summed E-state index contributed by atoms with van der Waals surface area (Å²) in [6.45, 7) is 9.12. The highest BCUT2D eigenvalue weighted by Gasteiger charge is 2.17. The van der Waals surface area contributed by atoms with E-state index in [4.69, 9.17) is 14.2 Å². The summed E-state index contributed by atoms with van der Waals surface area (Å²) in [6.07, 6.45) is 0.418. The number of halogens is 1. The van der Waals surface area contributed by atoms with E-state index in [1.54, 1.807) is 14.2 Å². The lowest BCUT2D eigenvalue weighted by Crippen LogP contribution is -2.27. The molecule has 2 rings (SSSR count). The SMILES string of the molecule is CCOc1c(OC)cc(-c2nnc(NC(=O)CCN(CC)CC)s2)cc1OC.Cl. The van der Waals surface area contributed by atoms with Crippen LogP contribution in [0.1, 0.15) is 27.2 Å². The van der Waals surface area contributed by atoms with Crippen molar-refractivity contribution in [3.63, 3.8) is 0 Å². The molecule has 0 aliphatic carbocycles. The fourth-order valence-corrected chi connectivity index (χ4v) is 3.41. The molecular formula is C19H29ClN4O4S. The van der Waals surface area contributed by atoms with Gasteiger partial charge in [-0.1, -0.05) is 25.2 Å². The number of methoxy groups -OCH3 is 2. The molecule has 0 radical (unpaired) electrons. The first-order valence-electron chi connectivity index (χ1n) is 9.31. The zero-order chi connectivity index (χ0) is 20.5. The Labute approximate surface area is 182 Å². The Bertz CT molecular complexity index is 758. The summed E-state index contributed by atoms with van der Waals surface area (Å²) in [5.74, 6) is 1.58. The van der Waals surface area contributed by atoms with E-state index in [1.165, 1.54) is 11.3 Å². The molecule has 1 aromatic heterocycles. The van der Waals surface area contributed by atoms with Crippen molar-refractivity contribution in [1.82, 2.24) is 15.1 Å². The Balaban J connectivity index is 0.00000420. The number of anilines is 1. The lowest BCUT2D eigenvalue weighted by atomic mass is 10.2. The van der Waals surface area contributed by atoms with Crippen LogP contribution in [0.4, 0.5) is 5.13 Å². The standard InChI is InChI=1S/C19H28N4O4S.ClH/c1-6-23(7-2)10-9-16(24)20-19-22-21-18(28-19)13-11-14(25-4)17(27-8-3)15(12-13)26-5;/h11-12H,6-10H2,1-5H3,(H,20,22,24);1H. The monoisotopic (exact) mass is 444 g/mol.